The molecule has 0 heterocycles. The number of nitrogens with zero attached hydrogens (tertiary/aromatic N) is 1. The third kappa shape index (κ3) is 5.14. The van der Waals surface area contributed by atoms with Crippen LogP contribution in [0.4, 0.5) is 0 Å². The Morgan fingerprint density at radius 3 is 2.00 bits per heavy atom. The fraction of sp³-hybridized carbons (Fsp3) is 0.364. The molecule has 2 aromatic carbocycles. The van der Waals surface area contributed by atoms with Crippen LogP contribution >= 0.6 is 0 Å². The molecule has 2 atom stereocenters. The Morgan fingerprint density at radius 2 is 1.59 bits per heavy atom. The first-order valence-corrected chi connectivity index (χ1v) is 11.6. The van der Waals surface area contributed by atoms with Gasteiger partial charge in [-0.25, -0.2) is 0 Å². The van der Waals surface area contributed by atoms with E-state index in [1.165, 1.54) is 0 Å². The summed E-state index contributed by atoms with van der Waals surface area (Å²) in [6.07, 6.45) is 3.27. The van der Waals surface area contributed by atoms with Gasteiger partial charge < -0.3 is 4.43 Å². The van der Waals surface area contributed by atoms with Crippen LogP contribution in [0.15, 0.2) is 72.9 Å². The second-order valence-corrected chi connectivity index (χ2v) is 10.1. The van der Waals surface area contributed by atoms with Gasteiger partial charge in [0.1, 0.15) is 6.10 Å². The van der Waals surface area contributed by atoms with Gasteiger partial charge in [-0.15, -0.1) is 6.58 Å². The van der Waals surface area contributed by atoms with Gasteiger partial charge in [0.15, 0.2) is 0 Å². The maximum atomic E-state index is 11.5. The van der Waals surface area contributed by atoms with Gasteiger partial charge in [0.05, 0.1) is 0 Å². The van der Waals surface area contributed by atoms with Crippen LogP contribution in [0.25, 0.3) is 0 Å². The molecule has 0 N–H and O–H groups in total. The lowest BCUT2D eigenvalue weighted by atomic mass is 10.1. The number of hydrogen-bond donors (Lipinski definition) is 0. The number of benzene rings is 2. The zero-order valence-corrected chi connectivity index (χ0v) is 17.2. The lowest BCUT2D eigenvalue weighted by Crippen LogP contribution is -2.62. The number of rotatable bonds is 11. The van der Waals surface area contributed by atoms with Crippen LogP contribution in [-0.4, -0.2) is 25.4 Å². The second kappa shape index (κ2) is 10.2. The molecule has 0 amide bonds. The topological polar surface area (TPSA) is 52.4 Å². The summed E-state index contributed by atoms with van der Waals surface area (Å²) >= 11 is 0. The average Bonchev–Trinajstić information content (AvgIpc) is 2.71. The van der Waals surface area contributed by atoms with Crippen molar-refractivity contribution in [3.8, 4) is 0 Å². The van der Waals surface area contributed by atoms with Crippen molar-refractivity contribution in [3.63, 3.8) is 0 Å². The Balaban J connectivity index is 2.48. The van der Waals surface area contributed by atoms with E-state index in [-0.39, 0.29) is 4.92 Å². The fourth-order valence-corrected chi connectivity index (χ4v) is 6.67. The SMILES string of the molecule is C=C[Si](OC(CCCCC)C(C)[N+](=O)[O-])(c1ccccc1)c1ccccc1. The summed E-state index contributed by atoms with van der Waals surface area (Å²) in [6, 6.07) is 19.3. The van der Waals surface area contributed by atoms with Gasteiger partial charge in [-0.1, -0.05) is 92.5 Å². The molecule has 0 fully saturated rings. The zero-order chi connectivity index (χ0) is 19.7. The summed E-state index contributed by atoms with van der Waals surface area (Å²) < 4.78 is 6.71. The molecule has 0 aromatic heterocycles. The van der Waals surface area contributed by atoms with E-state index in [0.29, 0.717) is 6.42 Å². The maximum absolute atomic E-state index is 11.5. The standard InChI is InChI=1S/C22H29NO3Si/c1-4-6-9-18-22(19(3)23(24)25)26-27(5-2,20-14-10-7-11-15-20)21-16-12-8-13-17-21/h5,7-8,10-17,19,22H,2,4,6,9,18H2,1,3H3. The van der Waals surface area contributed by atoms with Crippen LogP contribution in [0.1, 0.15) is 39.5 Å². The summed E-state index contributed by atoms with van der Waals surface area (Å²) in [6.45, 7) is 7.88. The van der Waals surface area contributed by atoms with Crippen molar-refractivity contribution in [1.82, 2.24) is 0 Å². The van der Waals surface area contributed by atoms with Crippen LogP contribution in [-0.2, 0) is 4.43 Å². The molecule has 5 heteroatoms. The Bertz CT molecular complexity index is 681. The van der Waals surface area contributed by atoms with Gasteiger partial charge in [-0.2, -0.15) is 0 Å². The Kier molecular flexibility index (Phi) is 7.94. The largest absolute Gasteiger partial charge is 0.395 e. The average molecular weight is 384 g/mol. The molecule has 2 rings (SSSR count). The fourth-order valence-electron chi connectivity index (χ4n) is 3.33. The summed E-state index contributed by atoms with van der Waals surface area (Å²) in [5.74, 6) is 0. The smallest absolute Gasteiger partial charge is 0.281 e. The first-order chi connectivity index (χ1) is 13.0. The van der Waals surface area contributed by atoms with E-state index in [1.54, 1.807) is 6.92 Å². The van der Waals surface area contributed by atoms with Crippen LogP contribution in [0.5, 0.6) is 0 Å². The molecule has 0 radical (unpaired) electrons. The van der Waals surface area contributed by atoms with Gasteiger partial charge in [-0.3, -0.25) is 10.1 Å². The van der Waals surface area contributed by atoms with Gasteiger partial charge in [0, 0.05) is 11.8 Å². The highest BCUT2D eigenvalue weighted by Gasteiger charge is 2.42. The maximum Gasteiger partial charge on any atom is 0.281 e. The molecule has 2 unspecified atom stereocenters. The molecular weight excluding hydrogens is 354 g/mol. The van der Waals surface area contributed by atoms with Crippen LogP contribution < -0.4 is 10.4 Å². The van der Waals surface area contributed by atoms with Crippen molar-refractivity contribution in [2.24, 2.45) is 0 Å². The van der Waals surface area contributed by atoms with Crippen molar-refractivity contribution in [1.29, 1.82) is 0 Å². The highest BCUT2D eigenvalue weighted by molar-refractivity contribution is 7.01. The monoisotopic (exact) mass is 383 g/mol. The molecule has 0 spiro atoms. The molecule has 27 heavy (non-hydrogen) atoms. The summed E-state index contributed by atoms with van der Waals surface area (Å²) in [7, 11) is -2.79. The first-order valence-electron chi connectivity index (χ1n) is 9.61. The summed E-state index contributed by atoms with van der Waals surface area (Å²) in [4.78, 5) is 11.3. The van der Waals surface area contributed by atoms with Gasteiger partial charge in [-0.05, 0) is 16.8 Å². The first kappa shape index (κ1) is 21.1. The highest BCUT2D eigenvalue weighted by Crippen LogP contribution is 2.20. The lowest BCUT2D eigenvalue weighted by molar-refractivity contribution is -0.528. The number of nitro groups is 1. The van der Waals surface area contributed by atoms with E-state index in [2.05, 4.69) is 13.5 Å². The minimum absolute atomic E-state index is 0.227. The predicted molar refractivity (Wildman–Crippen MR) is 114 cm³/mol. The number of unbranched alkanes of at least 4 members (excludes halogenated alkanes) is 2. The Morgan fingerprint density at radius 1 is 1.07 bits per heavy atom. The number of hydrogen-bond acceptors (Lipinski definition) is 3. The molecule has 0 aliphatic rings. The highest BCUT2D eigenvalue weighted by atomic mass is 28.4. The van der Waals surface area contributed by atoms with E-state index in [4.69, 9.17) is 4.43 Å². The molecule has 2 aromatic rings. The van der Waals surface area contributed by atoms with E-state index in [0.717, 1.165) is 29.6 Å². The van der Waals surface area contributed by atoms with E-state index < -0.39 is 20.5 Å². The molecule has 0 saturated carbocycles. The van der Waals surface area contributed by atoms with Crippen molar-refractivity contribution >= 4 is 18.7 Å². The molecule has 144 valence electrons. The third-order valence-electron chi connectivity index (χ3n) is 4.99. The van der Waals surface area contributed by atoms with E-state index in [9.17, 15) is 10.1 Å². The van der Waals surface area contributed by atoms with Crippen molar-refractivity contribution in [2.75, 3.05) is 0 Å². The molecular formula is C22H29NO3Si. The van der Waals surface area contributed by atoms with Gasteiger partial charge in [0.2, 0.25) is 6.04 Å². The lowest BCUT2D eigenvalue weighted by Gasteiger charge is -2.34. The van der Waals surface area contributed by atoms with Crippen LogP contribution in [0.2, 0.25) is 0 Å². The van der Waals surface area contributed by atoms with E-state index >= 15 is 0 Å². The normalized spacial score (nSPS) is 13.7. The zero-order valence-electron chi connectivity index (χ0n) is 16.2. The minimum Gasteiger partial charge on any atom is -0.395 e. The second-order valence-electron chi connectivity index (χ2n) is 6.85. The van der Waals surface area contributed by atoms with Crippen molar-refractivity contribution < 1.29 is 9.35 Å². The molecule has 0 saturated heterocycles. The van der Waals surface area contributed by atoms with E-state index in [1.807, 2.05) is 66.4 Å². The summed E-state index contributed by atoms with van der Waals surface area (Å²) in [5, 5.41) is 13.7. The third-order valence-corrected chi connectivity index (χ3v) is 8.62. The molecule has 0 aliphatic carbocycles. The Labute approximate surface area is 163 Å². The molecule has 4 nitrogen and oxygen atoms in total. The van der Waals surface area contributed by atoms with Crippen molar-refractivity contribution in [2.45, 2.75) is 51.7 Å². The molecule has 0 aliphatic heterocycles. The van der Waals surface area contributed by atoms with Crippen molar-refractivity contribution in [3.05, 3.63) is 83.1 Å². The summed E-state index contributed by atoms with van der Waals surface area (Å²) in [5.41, 5.74) is 1.90. The predicted octanol–water partition coefficient (Wildman–Crippen LogP) is 4.10. The minimum atomic E-state index is -2.79. The Hall–Kier alpha value is -2.24. The van der Waals surface area contributed by atoms with Gasteiger partial charge >= 0.3 is 0 Å². The molecule has 0 bridgehead atoms. The van der Waals surface area contributed by atoms with Crippen LogP contribution in [0, 0.1) is 10.1 Å². The van der Waals surface area contributed by atoms with Gasteiger partial charge in [0.25, 0.3) is 8.32 Å². The van der Waals surface area contributed by atoms with Crippen LogP contribution in [0.3, 0.4) is 0 Å². The quantitative estimate of drug-likeness (QED) is 0.254.